The fourth-order valence-electron chi connectivity index (χ4n) is 2.03. The van der Waals surface area contributed by atoms with E-state index in [1.807, 2.05) is 0 Å². The fourth-order valence-corrected chi connectivity index (χ4v) is 2.76. The second-order valence-electron chi connectivity index (χ2n) is 5.42. The Balaban J connectivity index is 2.14. The minimum atomic E-state index is -3.40. The van der Waals surface area contributed by atoms with Crippen LogP contribution in [0, 0.1) is 0 Å². The summed E-state index contributed by atoms with van der Waals surface area (Å²) in [7, 11) is -0.559. The van der Waals surface area contributed by atoms with Gasteiger partial charge in [-0.3, -0.25) is 14.6 Å². The molecule has 0 aliphatic carbocycles. The van der Waals surface area contributed by atoms with Crippen molar-refractivity contribution in [1.82, 2.24) is 19.6 Å². The molecule has 0 saturated heterocycles. The number of sulfonamides is 1. The predicted octanol–water partition coefficient (Wildman–Crippen LogP) is -0.649. The van der Waals surface area contributed by atoms with Gasteiger partial charge in [0.2, 0.25) is 10.0 Å². The van der Waals surface area contributed by atoms with E-state index in [2.05, 4.69) is 15.3 Å². The van der Waals surface area contributed by atoms with Gasteiger partial charge in [-0.05, 0) is 17.7 Å². The standard InChI is InChI=1S/C15H18N4O5S/c1-19(2)25(23,24)7-6-16-13(20)11-5-3-4-10(8-11)12-9-17-15(22)18-14(12)21/h3-5,8-9H,6-7H2,1-2H3,(H,16,20)(H2,17,18,21,22). The van der Waals surface area contributed by atoms with Crippen molar-refractivity contribution in [2.45, 2.75) is 0 Å². The van der Waals surface area contributed by atoms with Crippen LogP contribution in [0.4, 0.5) is 0 Å². The molecule has 1 aromatic heterocycles. The molecule has 0 aliphatic rings. The summed E-state index contributed by atoms with van der Waals surface area (Å²) in [5.74, 6) is -0.679. The molecule has 0 fully saturated rings. The van der Waals surface area contributed by atoms with Crippen LogP contribution >= 0.6 is 0 Å². The first-order chi connectivity index (χ1) is 11.7. The van der Waals surface area contributed by atoms with Crippen LogP contribution in [0.25, 0.3) is 11.1 Å². The number of benzene rings is 1. The molecule has 25 heavy (non-hydrogen) atoms. The van der Waals surface area contributed by atoms with E-state index in [0.717, 1.165) is 4.31 Å². The number of rotatable bonds is 6. The quantitative estimate of drug-likeness (QED) is 0.625. The van der Waals surface area contributed by atoms with Gasteiger partial charge in [0.15, 0.2) is 0 Å². The first-order valence-electron chi connectivity index (χ1n) is 7.31. The van der Waals surface area contributed by atoms with Crippen molar-refractivity contribution in [3.63, 3.8) is 0 Å². The maximum atomic E-state index is 12.2. The zero-order chi connectivity index (χ0) is 18.6. The van der Waals surface area contributed by atoms with Gasteiger partial charge in [0.25, 0.3) is 11.5 Å². The highest BCUT2D eigenvalue weighted by Crippen LogP contribution is 2.15. The molecule has 10 heteroatoms. The van der Waals surface area contributed by atoms with E-state index in [9.17, 15) is 22.8 Å². The van der Waals surface area contributed by atoms with Crippen LogP contribution in [0.15, 0.2) is 40.1 Å². The average Bonchev–Trinajstić information content (AvgIpc) is 2.54. The molecule has 1 amide bonds. The summed E-state index contributed by atoms with van der Waals surface area (Å²) >= 11 is 0. The highest BCUT2D eigenvalue weighted by Gasteiger charge is 2.14. The zero-order valence-corrected chi connectivity index (χ0v) is 14.5. The molecule has 1 heterocycles. The molecule has 0 bridgehead atoms. The molecule has 0 saturated carbocycles. The summed E-state index contributed by atoms with van der Waals surface area (Å²) in [6.07, 6.45) is 1.27. The third kappa shape index (κ3) is 4.64. The Morgan fingerprint density at radius 2 is 1.96 bits per heavy atom. The van der Waals surface area contributed by atoms with Crippen molar-refractivity contribution in [1.29, 1.82) is 0 Å². The maximum absolute atomic E-state index is 12.2. The van der Waals surface area contributed by atoms with Gasteiger partial charge in [-0.1, -0.05) is 12.1 Å². The van der Waals surface area contributed by atoms with Crippen molar-refractivity contribution in [2.24, 2.45) is 0 Å². The molecule has 3 N–H and O–H groups in total. The lowest BCUT2D eigenvalue weighted by Gasteiger charge is -2.11. The second kappa shape index (κ2) is 7.45. The van der Waals surface area contributed by atoms with E-state index < -0.39 is 27.2 Å². The van der Waals surface area contributed by atoms with E-state index in [-0.39, 0.29) is 23.4 Å². The number of nitrogens with one attached hydrogen (secondary N) is 3. The Kier molecular flexibility index (Phi) is 5.55. The lowest BCUT2D eigenvalue weighted by molar-refractivity contribution is 0.0956. The first kappa shape index (κ1) is 18.6. The van der Waals surface area contributed by atoms with Crippen molar-refractivity contribution in [3.05, 3.63) is 56.9 Å². The van der Waals surface area contributed by atoms with E-state index >= 15 is 0 Å². The number of aromatic amines is 2. The van der Waals surface area contributed by atoms with Crippen LogP contribution < -0.4 is 16.6 Å². The van der Waals surface area contributed by atoms with Crippen LogP contribution in [-0.4, -0.2) is 55.0 Å². The normalized spacial score (nSPS) is 11.5. The summed E-state index contributed by atoms with van der Waals surface area (Å²) in [4.78, 5) is 39.5. The molecule has 9 nitrogen and oxygen atoms in total. The van der Waals surface area contributed by atoms with Gasteiger partial charge in [-0.15, -0.1) is 0 Å². The van der Waals surface area contributed by atoms with Gasteiger partial charge in [0.1, 0.15) is 0 Å². The van der Waals surface area contributed by atoms with E-state index in [0.29, 0.717) is 5.56 Å². The number of amides is 1. The number of carbonyl (C=O) groups excluding carboxylic acids is 1. The Morgan fingerprint density at radius 3 is 2.60 bits per heavy atom. The van der Waals surface area contributed by atoms with Crippen molar-refractivity contribution >= 4 is 15.9 Å². The molecule has 2 rings (SSSR count). The van der Waals surface area contributed by atoms with Crippen LogP contribution in [0.2, 0.25) is 0 Å². The van der Waals surface area contributed by atoms with Crippen LogP contribution in [-0.2, 0) is 10.0 Å². The third-order valence-electron chi connectivity index (χ3n) is 3.46. The topological polar surface area (TPSA) is 132 Å². The van der Waals surface area contributed by atoms with E-state index in [1.165, 1.54) is 26.4 Å². The predicted molar refractivity (Wildman–Crippen MR) is 92.9 cm³/mol. The molecule has 2 aromatic rings. The van der Waals surface area contributed by atoms with Gasteiger partial charge >= 0.3 is 5.69 Å². The van der Waals surface area contributed by atoms with Gasteiger partial charge in [0, 0.05) is 32.4 Å². The molecule has 0 unspecified atom stereocenters. The molecule has 0 radical (unpaired) electrons. The minimum Gasteiger partial charge on any atom is -0.351 e. The smallest absolute Gasteiger partial charge is 0.325 e. The number of hydrogen-bond donors (Lipinski definition) is 3. The summed E-state index contributed by atoms with van der Waals surface area (Å²) in [5.41, 5.74) is -0.260. The van der Waals surface area contributed by atoms with Gasteiger partial charge in [-0.2, -0.15) is 0 Å². The largest absolute Gasteiger partial charge is 0.351 e. The molecule has 0 spiro atoms. The SMILES string of the molecule is CN(C)S(=O)(=O)CCNC(=O)c1cccc(-c2c[nH]c(=O)[nH]c2=O)c1. The second-order valence-corrected chi connectivity index (χ2v) is 7.72. The van der Waals surface area contributed by atoms with Gasteiger partial charge in [0.05, 0.1) is 11.3 Å². The monoisotopic (exact) mass is 366 g/mol. The van der Waals surface area contributed by atoms with E-state index in [4.69, 9.17) is 0 Å². The maximum Gasteiger partial charge on any atom is 0.325 e. The summed E-state index contributed by atoms with van der Waals surface area (Å²) in [5, 5.41) is 2.52. The lowest BCUT2D eigenvalue weighted by atomic mass is 10.1. The fraction of sp³-hybridized carbons (Fsp3) is 0.267. The van der Waals surface area contributed by atoms with Crippen LogP contribution in [0.5, 0.6) is 0 Å². The molecule has 0 aliphatic heterocycles. The summed E-state index contributed by atoms with van der Waals surface area (Å²) < 4.78 is 24.4. The average molecular weight is 366 g/mol. The highest BCUT2D eigenvalue weighted by atomic mass is 32.2. The Hall–Kier alpha value is -2.72. The summed E-state index contributed by atoms with van der Waals surface area (Å²) in [6, 6.07) is 6.24. The molecule has 1 aromatic carbocycles. The van der Waals surface area contributed by atoms with Crippen molar-refractivity contribution in [2.75, 3.05) is 26.4 Å². The zero-order valence-electron chi connectivity index (χ0n) is 13.7. The lowest BCUT2D eigenvalue weighted by Crippen LogP contribution is -2.33. The number of carbonyl (C=O) groups is 1. The number of hydrogen-bond acceptors (Lipinski definition) is 5. The molecule has 0 atom stereocenters. The Morgan fingerprint density at radius 1 is 1.24 bits per heavy atom. The molecule has 134 valence electrons. The highest BCUT2D eigenvalue weighted by molar-refractivity contribution is 7.89. The van der Waals surface area contributed by atoms with Crippen LogP contribution in [0.3, 0.4) is 0 Å². The van der Waals surface area contributed by atoms with Crippen molar-refractivity contribution < 1.29 is 13.2 Å². The minimum absolute atomic E-state index is 0.0389. The number of aromatic nitrogens is 2. The Labute approximate surface area is 143 Å². The summed E-state index contributed by atoms with van der Waals surface area (Å²) in [6.45, 7) is -0.0389. The van der Waals surface area contributed by atoms with Crippen molar-refractivity contribution in [3.8, 4) is 11.1 Å². The number of H-pyrrole nitrogens is 2. The van der Waals surface area contributed by atoms with Gasteiger partial charge < -0.3 is 10.3 Å². The first-order valence-corrected chi connectivity index (χ1v) is 8.92. The van der Waals surface area contributed by atoms with E-state index in [1.54, 1.807) is 18.2 Å². The Bertz CT molecular complexity index is 991. The number of nitrogens with zero attached hydrogens (tertiary/aromatic N) is 1. The molecular weight excluding hydrogens is 348 g/mol. The van der Waals surface area contributed by atoms with Gasteiger partial charge in [-0.25, -0.2) is 17.5 Å². The third-order valence-corrected chi connectivity index (χ3v) is 5.29. The van der Waals surface area contributed by atoms with Crippen LogP contribution in [0.1, 0.15) is 10.4 Å². The molecular formula is C15H18N4O5S.